The molecule has 11 aliphatic rings. The first-order chi connectivity index (χ1) is 26.5. The predicted molar refractivity (Wildman–Crippen MR) is 225 cm³/mol. The van der Waals surface area contributed by atoms with Crippen molar-refractivity contribution in [3.05, 3.63) is 47.2 Å². The van der Waals surface area contributed by atoms with Crippen LogP contribution in [-0.2, 0) is 0 Å². The molecule has 0 amide bonds. The Morgan fingerprint density at radius 3 is 2.31 bits per heavy atom. The zero-order valence-corrected chi connectivity index (χ0v) is 34.8. The van der Waals surface area contributed by atoms with Gasteiger partial charge in [0, 0.05) is 41.8 Å². The minimum absolute atomic E-state index is 0.482. The van der Waals surface area contributed by atoms with Gasteiger partial charge in [-0.25, -0.2) is 0 Å². The Kier molecular flexibility index (Phi) is 9.64. The average Bonchev–Trinajstić information content (AvgIpc) is 3.72. The number of nitrogens with zero attached hydrogens (tertiary/aromatic N) is 2. The van der Waals surface area contributed by atoms with E-state index in [0.29, 0.717) is 11.3 Å². The van der Waals surface area contributed by atoms with E-state index in [4.69, 9.17) is 0 Å². The molecule has 13 unspecified atom stereocenters. The maximum absolute atomic E-state index is 3.32. The van der Waals surface area contributed by atoms with Crippen LogP contribution in [0.15, 0.2) is 47.2 Å². The molecular formula is C52H78N2. The predicted octanol–water partition coefficient (Wildman–Crippen LogP) is 13.2. The fraction of sp³-hybridized carbons (Fsp3) is 0.846. The first-order valence-electron chi connectivity index (χ1n) is 24.9. The Morgan fingerprint density at radius 2 is 1.39 bits per heavy atom. The van der Waals surface area contributed by atoms with E-state index in [1.165, 1.54) is 135 Å². The van der Waals surface area contributed by atoms with Gasteiger partial charge in [0.25, 0.3) is 0 Å². The van der Waals surface area contributed by atoms with Crippen LogP contribution in [0.1, 0.15) is 181 Å². The van der Waals surface area contributed by atoms with E-state index in [9.17, 15) is 0 Å². The summed E-state index contributed by atoms with van der Waals surface area (Å²) in [4.78, 5) is 6.49. The van der Waals surface area contributed by atoms with Crippen molar-refractivity contribution in [2.75, 3.05) is 0 Å². The molecule has 2 heterocycles. The van der Waals surface area contributed by atoms with Gasteiger partial charge in [-0.1, -0.05) is 114 Å². The summed E-state index contributed by atoms with van der Waals surface area (Å²) in [6.45, 7) is 5.32. The second-order valence-corrected chi connectivity index (χ2v) is 22.4. The minimum atomic E-state index is 0.482. The van der Waals surface area contributed by atoms with Gasteiger partial charge >= 0.3 is 0 Å². The molecule has 6 saturated carbocycles. The van der Waals surface area contributed by atoms with Gasteiger partial charge in [-0.05, 0) is 167 Å². The minimum Gasteiger partial charge on any atom is -0.368 e. The highest BCUT2D eigenvalue weighted by Crippen LogP contribution is 2.62. The van der Waals surface area contributed by atoms with E-state index >= 15 is 0 Å². The fourth-order valence-electron chi connectivity index (χ4n) is 17.9. The number of fused-ring (bicyclic) bond motifs is 8. The SMILES string of the molecule is CC1(C)C2C=CCCC2C2CC(N3C4=C(C=CCC4)C4C=C(C5CCC6[C@@H](C5)C5CCCCC5N6C5CCCC(C6CCCCC6)C5)CCC43)CCCC21. The Hall–Kier alpha value is -1.28. The first kappa shape index (κ1) is 35.8. The fourth-order valence-corrected chi connectivity index (χ4v) is 17.9. The molecule has 0 bridgehead atoms. The van der Waals surface area contributed by atoms with Gasteiger partial charge in [-0.3, -0.25) is 4.90 Å². The molecule has 2 nitrogen and oxygen atoms in total. The standard InChI is InChI=1S/C52H78N2/c1-52(2)46-22-9-6-19-40(46)43-33-39(18-13-23-47(43)52)54-49-25-11-8-21-42(49)45-32-37(27-29-51(45)54)36-26-28-50-44(31-36)41-20-7-10-24-48(41)53(50)38-17-12-16-35(30-38)34-14-4-3-5-15-34/h8-9,21-22,32,34-36,38-41,43-48,50-51H,3-7,10-20,23-31,33H2,1-2H3/t35?,36?,38?,39?,40?,41?,43?,44-,45?,46?,47?,48?,50?,51?/m0/s1. The highest BCUT2D eigenvalue weighted by molar-refractivity contribution is 5.43. The molecule has 14 atom stereocenters. The van der Waals surface area contributed by atoms with Crippen molar-refractivity contribution in [1.29, 1.82) is 0 Å². The molecule has 296 valence electrons. The van der Waals surface area contributed by atoms with Gasteiger partial charge in [0.15, 0.2) is 0 Å². The van der Waals surface area contributed by atoms with Crippen LogP contribution in [0.2, 0.25) is 0 Å². The summed E-state index contributed by atoms with van der Waals surface area (Å²) >= 11 is 0. The van der Waals surface area contributed by atoms with E-state index in [-0.39, 0.29) is 0 Å². The second-order valence-electron chi connectivity index (χ2n) is 22.4. The van der Waals surface area contributed by atoms with E-state index in [0.717, 1.165) is 83.5 Å². The van der Waals surface area contributed by atoms with Crippen LogP contribution in [0.5, 0.6) is 0 Å². The zero-order valence-electron chi connectivity index (χ0n) is 34.8. The third-order valence-corrected chi connectivity index (χ3v) is 20.0. The number of hydrogen-bond acceptors (Lipinski definition) is 2. The monoisotopic (exact) mass is 731 g/mol. The molecular weight excluding hydrogens is 653 g/mol. The summed E-state index contributed by atoms with van der Waals surface area (Å²) in [5.74, 6) is 9.29. The van der Waals surface area contributed by atoms with Crippen LogP contribution < -0.4 is 0 Å². The number of hydrogen-bond donors (Lipinski definition) is 0. The molecule has 0 N–H and O–H groups in total. The third kappa shape index (κ3) is 5.90. The van der Waals surface area contributed by atoms with Crippen LogP contribution in [-0.4, -0.2) is 40.0 Å². The highest BCUT2D eigenvalue weighted by atomic mass is 15.3. The van der Waals surface area contributed by atoms with E-state index in [1.807, 2.05) is 11.3 Å². The summed E-state index contributed by atoms with van der Waals surface area (Å²) in [6, 6.07) is 4.28. The van der Waals surface area contributed by atoms with E-state index in [1.54, 1.807) is 37.7 Å². The maximum Gasteiger partial charge on any atom is 0.0397 e. The topological polar surface area (TPSA) is 6.48 Å². The van der Waals surface area contributed by atoms with Gasteiger partial charge < -0.3 is 4.90 Å². The Balaban J connectivity index is 0.821. The van der Waals surface area contributed by atoms with Crippen molar-refractivity contribution in [1.82, 2.24) is 9.80 Å². The van der Waals surface area contributed by atoms with Crippen molar-refractivity contribution in [3.63, 3.8) is 0 Å². The molecule has 2 aliphatic heterocycles. The third-order valence-electron chi connectivity index (χ3n) is 20.0. The molecule has 0 aromatic rings. The lowest BCUT2D eigenvalue weighted by atomic mass is 9.67. The van der Waals surface area contributed by atoms with Gasteiger partial charge in [0.2, 0.25) is 0 Å². The Bertz CT molecular complexity index is 1510. The van der Waals surface area contributed by atoms with Gasteiger partial charge in [-0.15, -0.1) is 0 Å². The summed E-state index contributed by atoms with van der Waals surface area (Å²) in [6.07, 6.45) is 51.9. The lowest BCUT2D eigenvalue weighted by molar-refractivity contribution is 0.0340. The van der Waals surface area contributed by atoms with Crippen LogP contribution in [0.3, 0.4) is 0 Å². The molecule has 9 aliphatic carbocycles. The van der Waals surface area contributed by atoms with Crippen molar-refractivity contribution in [2.24, 2.45) is 64.6 Å². The molecule has 0 spiro atoms. The van der Waals surface area contributed by atoms with Crippen LogP contribution in [0, 0.1) is 64.6 Å². The van der Waals surface area contributed by atoms with Crippen molar-refractivity contribution in [2.45, 2.75) is 211 Å². The molecule has 7 fully saturated rings. The normalized spacial score (nSPS) is 47.6. The quantitative estimate of drug-likeness (QED) is 0.266. The van der Waals surface area contributed by atoms with Crippen molar-refractivity contribution >= 4 is 0 Å². The molecule has 1 saturated heterocycles. The lowest BCUT2D eigenvalue weighted by Crippen LogP contribution is -2.49. The molecule has 11 rings (SSSR count). The van der Waals surface area contributed by atoms with Crippen molar-refractivity contribution < 1.29 is 0 Å². The number of rotatable bonds is 4. The first-order valence-corrected chi connectivity index (χ1v) is 24.9. The summed E-state index contributed by atoms with van der Waals surface area (Å²) in [5, 5.41) is 0. The number of allylic oxidation sites excluding steroid dienone is 6. The molecule has 2 heteroatoms. The summed E-state index contributed by atoms with van der Waals surface area (Å²) in [5.41, 5.74) is 5.99. The van der Waals surface area contributed by atoms with Crippen molar-refractivity contribution in [3.8, 4) is 0 Å². The summed E-state index contributed by atoms with van der Waals surface area (Å²) in [7, 11) is 0. The highest BCUT2D eigenvalue weighted by Gasteiger charge is 2.57. The van der Waals surface area contributed by atoms with Gasteiger partial charge in [-0.2, -0.15) is 0 Å². The lowest BCUT2D eigenvalue weighted by Gasteiger charge is -2.46. The summed E-state index contributed by atoms with van der Waals surface area (Å²) < 4.78 is 0. The van der Waals surface area contributed by atoms with Crippen LogP contribution in [0.4, 0.5) is 0 Å². The largest absolute Gasteiger partial charge is 0.368 e. The zero-order chi connectivity index (χ0) is 36.0. The van der Waals surface area contributed by atoms with E-state index in [2.05, 4.69) is 54.0 Å². The van der Waals surface area contributed by atoms with E-state index < -0.39 is 0 Å². The molecule has 0 aromatic heterocycles. The molecule has 54 heavy (non-hydrogen) atoms. The maximum atomic E-state index is 3.32. The van der Waals surface area contributed by atoms with Crippen LogP contribution in [0.25, 0.3) is 0 Å². The average molecular weight is 731 g/mol. The molecule has 0 aromatic carbocycles. The Labute approximate surface area is 331 Å². The smallest absolute Gasteiger partial charge is 0.0397 e. The number of likely N-dealkylation sites (tertiary alicyclic amines) is 1. The second kappa shape index (κ2) is 14.5. The van der Waals surface area contributed by atoms with Crippen LogP contribution >= 0.6 is 0 Å². The van der Waals surface area contributed by atoms with Gasteiger partial charge in [0.1, 0.15) is 0 Å². The van der Waals surface area contributed by atoms with Gasteiger partial charge in [0.05, 0.1) is 0 Å². The molecule has 0 radical (unpaired) electrons. The Morgan fingerprint density at radius 1 is 0.574 bits per heavy atom.